The Hall–Kier alpha value is -0.470. The zero-order chi connectivity index (χ0) is 7.40. The first-order valence-corrected chi connectivity index (χ1v) is 5.58. The van der Waals surface area contributed by atoms with Crippen LogP contribution in [0.25, 0.3) is 0 Å². The van der Waals surface area contributed by atoms with Crippen LogP contribution in [0.1, 0.15) is 5.56 Å². The monoisotopic (exact) mass is 170 g/mol. The molecule has 0 unspecified atom stereocenters. The van der Waals surface area contributed by atoms with Crippen molar-refractivity contribution >= 4 is 10.9 Å². The zero-order valence-corrected chi connectivity index (χ0v) is 7.77. The molecule has 1 N–H and O–H groups in total. The molecule has 0 saturated heterocycles. The van der Waals surface area contributed by atoms with Gasteiger partial charge in [-0.15, -0.1) is 0 Å². The average Bonchev–Trinajstić information content (AvgIpc) is 1.88. The molecule has 0 aliphatic heterocycles. The second-order valence-corrected chi connectivity index (χ2v) is 4.88. The Morgan fingerprint density at radius 1 is 1.09 bits per heavy atom. The van der Waals surface area contributed by atoms with E-state index < -0.39 is 0 Å². The van der Waals surface area contributed by atoms with Gasteiger partial charge in [-0.2, -0.15) is 0 Å². The van der Waals surface area contributed by atoms with Crippen LogP contribution in [0.4, 0.5) is 0 Å². The fraction of sp³-hybridized carbons (Fsp3) is 0.333. The highest BCUT2D eigenvalue weighted by Gasteiger charge is 2.01. The van der Waals surface area contributed by atoms with Crippen molar-refractivity contribution in [1.82, 2.24) is 0 Å². The normalized spacial score (nSPS) is 9.36. The molecule has 11 heavy (non-hydrogen) atoms. The van der Waals surface area contributed by atoms with Crippen LogP contribution in [0, 0.1) is 0 Å². The van der Waals surface area contributed by atoms with Crippen LogP contribution in [0.3, 0.4) is 0 Å². The third kappa shape index (κ3) is 4.06. The van der Waals surface area contributed by atoms with Crippen LogP contribution >= 0.6 is 0 Å². The predicted molar refractivity (Wildman–Crippen MR) is 51.3 cm³/mol. The van der Waals surface area contributed by atoms with E-state index in [1.165, 1.54) is 11.3 Å². The first-order valence-electron chi connectivity index (χ1n) is 3.37. The summed E-state index contributed by atoms with van der Waals surface area (Å²) in [6.07, 6.45) is 4.54. The minimum Gasteiger partial charge on any atom is -0.870 e. The maximum atomic E-state index is 2.27. The van der Waals surface area contributed by atoms with Crippen molar-refractivity contribution in [2.75, 3.05) is 12.5 Å². The van der Waals surface area contributed by atoms with Gasteiger partial charge in [-0.1, -0.05) is 30.3 Å². The third-order valence-electron chi connectivity index (χ3n) is 1.30. The number of rotatable bonds is 2. The molecule has 0 radical (unpaired) electrons. The molecule has 0 spiro atoms. The van der Waals surface area contributed by atoms with Gasteiger partial charge in [0.05, 0.1) is 12.5 Å². The van der Waals surface area contributed by atoms with E-state index in [1.54, 1.807) is 0 Å². The first kappa shape index (κ1) is 10.5. The van der Waals surface area contributed by atoms with Crippen LogP contribution in [0.2, 0.25) is 0 Å². The number of hydrogen-bond acceptors (Lipinski definition) is 1. The fourth-order valence-corrected chi connectivity index (χ4v) is 1.77. The Balaban J connectivity index is 0.000001000. The first-order chi connectivity index (χ1) is 4.79. The van der Waals surface area contributed by atoms with Crippen molar-refractivity contribution in [2.45, 2.75) is 5.75 Å². The molecule has 0 fully saturated rings. The maximum Gasteiger partial charge on any atom is 0.132 e. The molecular weight excluding hydrogens is 156 g/mol. The maximum absolute atomic E-state index is 2.27. The lowest BCUT2D eigenvalue weighted by atomic mass is 10.2. The van der Waals surface area contributed by atoms with Crippen molar-refractivity contribution < 1.29 is 5.48 Å². The Morgan fingerprint density at radius 2 is 1.64 bits per heavy atom. The molecule has 0 aromatic heterocycles. The molecular formula is C9H14OS. The highest BCUT2D eigenvalue weighted by atomic mass is 32.2. The van der Waals surface area contributed by atoms with Gasteiger partial charge in [0.25, 0.3) is 0 Å². The van der Waals surface area contributed by atoms with Crippen molar-refractivity contribution in [3.8, 4) is 0 Å². The lowest BCUT2D eigenvalue weighted by Gasteiger charge is -1.95. The standard InChI is InChI=1S/C9H13S.H2O/c1-10(2)8-9-6-4-3-5-7-9;/h3-7H,8H2,1-2H3;1H2/q+1;/p-1. The van der Waals surface area contributed by atoms with Gasteiger partial charge in [-0.05, 0) is 10.9 Å². The van der Waals surface area contributed by atoms with E-state index in [2.05, 4.69) is 42.8 Å². The largest absolute Gasteiger partial charge is 0.870 e. The third-order valence-corrected chi connectivity index (χ3v) is 2.21. The highest BCUT2D eigenvalue weighted by molar-refractivity contribution is 7.94. The van der Waals surface area contributed by atoms with Crippen molar-refractivity contribution in [1.29, 1.82) is 0 Å². The van der Waals surface area contributed by atoms with Gasteiger partial charge in [0.2, 0.25) is 0 Å². The van der Waals surface area contributed by atoms with Gasteiger partial charge in [-0.3, -0.25) is 0 Å². The minimum absolute atomic E-state index is 0. The molecule has 0 aliphatic carbocycles. The molecule has 1 aromatic carbocycles. The quantitative estimate of drug-likeness (QED) is 0.623. The van der Waals surface area contributed by atoms with Crippen LogP contribution in [-0.4, -0.2) is 18.0 Å². The van der Waals surface area contributed by atoms with Crippen molar-refractivity contribution in [2.24, 2.45) is 0 Å². The van der Waals surface area contributed by atoms with E-state index in [4.69, 9.17) is 0 Å². The van der Waals surface area contributed by atoms with Crippen molar-refractivity contribution in [3.63, 3.8) is 0 Å². The van der Waals surface area contributed by atoms with Gasteiger partial charge < -0.3 is 5.48 Å². The van der Waals surface area contributed by atoms with Crippen LogP contribution in [0.5, 0.6) is 0 Å². The predicted octanol–water partition coefficient (Wildman–Crippen LogP) is 1.89. The van der Waals surface area contributed by atoms with Crippen molar-refractivity contribution in [3.05, 3.63) is 35.9 Å². The van der Waals surface area contributed by atoms with E-state index in [1.807, 2.05) is 0 Å². The number of benzene rings is 1. The summed E-state index contributed by atoms with van der Waals surface area (Å²) in [5.74, 6) is 1.22. The number of hydrogen-bond donors (Lipinski definition) is 0. The molecule has 0 atom stereocenters. The van der Waals surface area contributed by atoms with Gasteiger partial charge in [0, 0.05) is 5.56 Å². The summed E-state index contributed by atoms with van der Waals surface area (Å²) in [6, 6.07) is 10.6. The average molecular weight is 170 g/mol. The second-order valence-electron chi connectivity index (χ2n) is 2.62. The van der Waals surface area contributed by atoms with E-state index in [0.29, 0.717) is 10.9 Å². The lowest BCUT2D eigenvalue weighted by Crippen LogP contribution is -1.98. The molecule has 1 nitrogen and oxygen atoms in total. The van der Waals surface area contributed by atoms with E-state index in [0.717, 1.165) is 0 Å². The summed E-state index contributed by atoms with van der Waals surface area (Å²) in [7, 11) is 0.533. The van der Waals surface area contributed by atoms with E-state index in [-0.39, 0.29) is 5.48 Å². The van der Waals surface area contributed by atoms with Crippen LogP contribution in [0.15, 0.2) is 30.3 Å². The molecule has 1 aromatic rings. The SMILES string of the molecule is C[S+](C)Cc1ccccc1.[OH-]. The van der Waals surface area contributed by atoms with E-state index in [9.17, 15) is 0 Å². The summed E-state index contributed by atoms with van der Waals surface area (Å²) in [6.45, 7) is 0. The minimum atomic E-state index is 0. The van der Waals surface area contributed by atoms with Gasteiger partial charge >= 0.3 is 0 Å². The highest BCUT2D eigenvalue weighted by Crippen LogP contribution is 2.03. The van der Waals surface area contributed by atoms with Gasteiger partial charge in [-0.25, -0.2) is 0 Å². The fourth-order valence-electron chi connectivity index (χ4n) is 0.908. The molecule has 0 bridgehead atoms. The summed E-state index contributed by atoms with van der Waals surface area (Å²) in [5.41, 5.74) is 1.45. The lowest BCUT2D eigenvalue weighted by molar-refractivity contribution is 0.824. The van der Waals surface area contributed by atoms with Crippen LogP contribution < -0.4 is 0 Å². The molecule has 62 valence electrons. The summed E-state index contributed by atoms with van der Waals surface area (Å²) in [5, 5.41) is 0. The molecule has 0 heterocycles. The van der Waals surface area contributed by atoms with Gasteiger partial charge in [0.15, 0.2) is 0 Å². The molecule has 0 aliphatic rings. The van der Waals surface area contributed by atoms with Gasteiger partial charge in [0.1, 0.15) is 5.75 Å². The summed E-state index contributed by atoms with van der Waals surface area (Å²) >= 11 is 0. The van der Waals surface area contributed by atoms with Crippen LogP contribution in [-0.2, 0) is 16.6 Å². The summed E-state index contributed by atoms with van der Waals surface area (Å²) < 4.78 is 0. The smallest absolute Gasteiger partial charge is 0.132 e. The Morgan fingerprint density at radius 3 is 2.09 bits per heavy atom. The Kier molecular flexibility index (Phi) is 4.99. The molecule has 2 heteroatoms. The molecule has 1 rings (SSSR count). The Bertz CT molecular complexity index is 184. The second kappa shape index (κ2) is 5.22. The Labute approximate surface area is 71.1 Å². The molecule has 0 saturated carbocycles. The zero-order valence-electron chi connectivity index (χ0n) is 6.95. The topological polar surface area (TPSA) is 30.0 Å². The molecule has 0 amide bonds. The van der Waals surface area contributed by atoms with E-state index >= 15 is 0 Å². The summed E-state index contributed by atoms with van der Waals surface area (Å²) in [4.78, 5) is 0.